The predicted molar refractivity (Wildman–Crippen MR) is 69.6 cm³/mol. The molecule has 0 bridgehead atoms. The van der Waals surface area contributed by atoms with Gasteiger partial charge in [-0.1, -0.05) is 0 Å². The van der Waals surface area contributed by atoms with Crippen LogP contribution < -0.4 is 11.1 Å². The van der Waals surface area contributed by atoms with Crippen molar-refractivity contribution in [3.05, 3.63) is 17.8 Å². The second-order valence-electron chi connectivity index (χ2n) is 3.89. The van der Waals surface area contributed by atoms with Crippen LogP contribution in [0.2, 0.25) is 0 Å². The topological polar surface area (TPSA) is 86.5 Å². The minimum atomic E-state index is -0.440. The molecular weight excluding hydrogens is 234 g/mol. The monoisotopic (exact) mass is 253 g/mol. The van der Waals surface area contributed by atoms with Crippen molar-refractivity contribution in [2.24, 2.45) is 0 Å². The number of carbonyl (C=O) groups excluding carboxylic acids is 1. The number of nitrogen functional groups attached to an aromatic ring is 1. The number of nitrogens with zero attached hydrogens (tertiary/aromatic N) is 1. The summed E-state index contributed by atoms with van der Waals surface area (Å²) in [5.74, 6) is 0.0108. The maximum absolute atomic E-state index is 11.8. The molecule has 6 nitrogen and oxygen atoms in total. The van der Waals surface area contributed by atoms with Gasteiger partial charge in [0.25, 0.3) is 0 Å². The maximum atomic E-state index is 11.8. The highest BCUT2D eigenvalue weighted by atomic mass is 16.5. The van der Waals surface area contributed by atoms with Gasteiger partial charge in [-0.3, -0.25) is 0 Å². The minimum Gasteiger partial charge on any atom is -0.462 e. The summed E-state index contributed by atoms with van der Waals surface area (Å²) in [6, 6.07) is 1.58. The van der Waals surface area contributed by atoms with Crippen molar-refractivity contribution in [1.29, 1.82) is 0 Å². The highest BCUT2D eigenvalue weighted by molar-refractivity contribution is 5.95. The standard InChI is InChI=1S/C12H19N3O3/c1-4-18-12(16)10-5-9(13)6-14-11(10)15-8(2)7-17-3/h5-6,8H,4,7,13H2,1-3H3,(H,14,15). The van der Waals surface area contributed by atoms with Gasteiger partial charge in [-0.25, -0.2) is 9.78 Å². The summed E-state index contributed by atoms with van der Waals surface area (Å²) in [4.78, 5) is 15.9. The molecule has 6 heteroatoms. The molecule has 0 radical (unpaired) electrons. The Morgan fingerprint density at radius 3 is 2.94 bits per heavy atom. The molecule has 3 N–H and O–H groups in total. The third-order valence-corrected chi connectivity index (χ3v) is 2.20. The van der Waals surface area contributed by atoms with E-state index in [0.29, 0.717) is 30.3 Å². The molecule has 0 aliphatic rings. The van der Waals surface area contributed by atoms with Crippen LogP contribution in [0.15, 0.2) is 12.3 Å². The number of rotatable bonds is 6. The smallest absolute Gasteiger partial charge is 0.341 e. The SMILES string of the molecule is CCOC(=O)c1cc(N)cnc1NC(C)COC. The van der Waals surface area contributed by atoms with Crippen molar-refractivity contribution in [3.8, 4) is 0 Å². The van der Waals surface area contributed by atoms with E-state index >= 15 is 0 Å². The second-order valence-corrected chi connectivity index (χ2v) is 3.89. The molecule has 1 unspecified atom stereocenters. The fourth-order valence-electron chi connectivity index (χ4n) is 1.49. The van der Waals surface area contributed by atoms with Crippen LogP contribution in [0, 0.1) is 0 Å². The summed E-state index contributed by atoms with van der Waals surface area (Å²) in [6.45, 7) is 4.49. The highest BCUT2D eigenvalue weighted by Crippen LogP contribution is 2.17. The first-order valence-electron chi connectivity index (χ1n) is 5.76. The van der Waals surface area contributed by atoms with Crippen LogP contribution in [0.1, 0.15) is 24.2 Å². The van der Waals surface area contributed by atoms with Crippen molar-refractivity contribution in [2.75, 3.05) is 31.4 Å². The molecule has 0 aliphatic heterocycles. The van der Waals surface area contributed by atoms with Crippen LogP contribution in [-0.2, 0) is 9.47 Å². The Labute approximate surface area is 106 Å². The van der Waals surface area contributed by atoms with E-state index in [1.165, 1.54) is 6.20 Å². The molecule has 0 amide bonds. The lowest BCUT2D eigenvalue weighted by molar-refractivity contribution is 0.0527. The van der Waals surface area contributed by atoms with Crippen molar-refractivity contribution < 1.29 is 14.3 Å². The number of esters is 1. The Bertz CT molecular complexity index is 410. The van der Waals surface area contributed by atoms with Gasteiger partial charge in [0.15, 0.2) is 0 Å². The first kappa shape index (κ1) is 14.2. The normalized spacial score (nSPS) is 11.9. The van der Waals surface area contributed by atoms with Gasteiger partial charge in [-0.05, 0) is 19.9 Å². The Morgan fingerprint density at radius 1 is 1.61 bits per heavy atom. The Hall–Kier alpha value is -1.82. The minimum absolute atomic E-state index is 0.0271. The largest absolute Gasteiger partial charge is 0.462 e. The number of pyridine rings is 1. The summed E-state index contributed by atoms with van der Waals surface area (Å²) in [5, 5.41) is 3.09. The fraction of sp³-hybridized carbons (Fsp3) is 0.500. The van der Waals surface area contributed by atoms with Crippen molar-refractivity contribution >= 4 is 17.5 Å². The molecule has 1 heterocycles. The van der Waals surface area contributed by atoms with Crippen LogP contribution in [0.5, 0.6) is 0 Å². The summed E-state index contributed by atoms with van der Waals surface area (Å²) >= 11 is 0. The number of hydrogen-bond donors (Lipinski definition) is 2. The third kappa shape index (κ3) is 3.89. The van der Waals surface area contributed by atoms with Crippen molar-refractivity contribution in [1.82, 2.24) is 4.98 Å². The second kappa shape index (κ2) is 6.80. The molecule has 18 heavy (non-hydrogen) atoms. The van der Waals surface area contributed by atoms with Gasteiger partial charge in [0.05, 0.1) is 25.1 Å². The average Bonchev–Trinajstić information content (AvgIpc) is 2.32. The Kier molecular flexibility index (Phi) is 5.38. The van der Waals surface area contributed by atoms with E-state index in [0.717, 1.165) is 0 Å². The van der Waals surface area contributed by atoms with Crippen LogP contribution >= 0.6 is 0 Å². The van der Waals surface area contributed by atoms with Gasteiger partial charge in [-0.15, -0.1) is 0 Å². The molecule has 0 aromatic carbocycles. The molecule has 1 rings (SSSR count). The van der Waals surface area contributed by atoms with Gasteiger partial charge in [0.2, 0.25) is 0 Å². The van der Waals surface area contributed by atoms with Gasteiger partial charge >= 0.3 is 5.97 Å². The average molecular weight is 253 g/mol. The lowest BCUT2D eigenvalue weighted by atomic mass is 10.2. The molecule has 0 saturated heterocycles. The van der Waals surface area contributed by atoms with Gasteiger partial charge < -0.3 is 20.5 Å². The molecule has 1 atom stereocenters. The number of hydrogen-bond acceptors (Lipinski definition) is 6. The predicted octanol–water partition coefficient (Wildman–Crippen LogP) is 1.29. The van der Waals surface area contributed by atoms with E-state index in [-0.39, 0.29) is 6.04 Å². The molecule has 100 valence electrons. The Morgan fingerprint density at radius 2 is 2.33 bits per heavy atom. The van der Waals surface area contributed by atoms with E-state index in [4.69, 9.17) is 15.2 Å². The van der Waals surface area contributed by atoms with Gasteiger partial charge in [0.1, 0.15) is 11.4 Å². The summed E-state index contributed by atoms with van der Waals surface area (Å²) < 4.78 is 9.98. The molecule has 1 aromatic heterocycles. The van der Waals surface area contributed by atoms with Gasteiger partial charge in [0, 0.05) is 13.2 Å². The summed E-state index contributed by atoms with van der Waals surface area (Å²) in [7, 11) is 1.61. The number of aromatic nitrogens is 1. The maximum Gasteiger partial charge on any atom is 0.341 e. The molecule has 0 fully saturated rings. The lowest BCUT2D eigenvalue weighted by Gasteiger charge is -2.16. The zero-order valence-electron chi connectivity index (χ0n) is 10.9. The van der Waals surface area contributed by atoms with Crippen molar-refractivity contribution in [3.63, 3.8) is 0 Å². The first-order chi connectivity index (χ1) is 8.58. The molecule has 0 spiro atoms. The van der Waals surface area contributed by atoms with E-state index in [2.05, 4.69) is 10.3 Å². The van der Waals surface area contributed by atoms with Crippen LogP contribution in [-0.4, -0.2) is 37.3 Å². The highest BCUT2D eigenvalue weighted by Gasteiger charge is 2.16. The fourth-order valence-corrected chi connectivity index (χ4v) is 1.49. The Balaban J connectivity index is 2.92. The number of nitrogens with two attached hydrogens (primary N) is 1. The number of nitrogens with one attached hydrogen (secondary N) is 1. The van der Waals surface area contributed by atoms with E-state index < -0.39 is 5.97 Å². The summed E-state index contributed by atoms with van der Waals surface area (Å²) in [5.41, 5.74) is 6.38. The zero-order valence-corrected chi connectivity index (χ0v) is 10.9. The first-order valence-corrected chi connectivity index (χ1v) is 5.76. The lowest BCUT2D eigenvalue weighted by Crippen LogP contribution is -2.23. The van der Waals surface area contributed by atoms with Gasteiger partial charge in [-0.2, -0.15) is 0 Å². The number of methoxy groups -OCH3 is 1. The molecule has 0 aliphatic carbocycles. The number of anilines is 2. The third-order valence-electron chi connectivity index (χ3n) is 2.20. The van der Waals surface area contributed by atoms with Crippen LogP contribution in [0.25, 0.3) is 0 Å². The zero-order chi connectivity index (χ0) is 13.5. The van der Waals surface area contributed by atoms with E-state index in [1.54, 1.807) is 20.1 Å². The number of ether oxygens (including phenoxy) is 2. The van der Waals surface area contributed by atoms with Crippen LogP contribution in [0.4, 0.5) is 11.5 Å². The number of carbonyl (C=O) groups is 1. The quantitative estimate of drug-likeness (QED) is 0.743. The summed E-state index contributed by atoms with van der Waals surface area (Å²) in [6.07, 6.45) is 1.49. The van der Waals surface area contributed by atoms with E-state index in [1.807, 2.05) is 6.92 Å². The molecular formula is C12H19N3O3. The molecule has 1 aromatic rings. The van der Waals surface area contributed by atoms with Crippen LogP contribution in [0.3, 0.4) is 0 Å². The molecule has 0 saturated carbocycles. The van der Waals surface area contributed by atoms with Crippen molar-refractivity contribution in [2.45, 2.75) is 19.9 Å². The van der Waals surface area contributed by atoms with E-state index in [9.17, 15) is 4.79 Å².